The number of aliphatic hydroxyl groups excluding tert-OH is 1. The predicted octanol–water partition coefficient (Wildman–Crippen LogP) is 6.57. The normalized spacial score (nSPS) is 12.7. The fourth-order valence-electron chi connectivity index (χ4n) is 6.61. The molecule has 3 N–H and O–H groups in total. The SMILES string of the molecule is COCCOCCOCCOc1ccc(C2(c3ccc(COCCOCCOCCO)c(C(=O)O)c3)c3cc(Br)ccc3-c3ccc(Br)cc32)cc1C(=O)O. The van der Waals surface area contributed by atoms with Crippen molar-refractivity contribution in [3.05, 3.63) is 121 Å². The third-order valence-electron chi connectivity index (χ3n) is 9.00. The van der Waals surface area contributed by atoms with Gasteiger partial charge in [-0.05, 0) is 81.4 Å². The van der Waals surface area contributed by atoms with Gasteiger partial charge in [0.15, 0.2) is 0 Å². The summed E-state index contributed by atoms with van der Waals surface area (Å²) in [5.74, 6) is -2.14. The quantitative estimate of drug-likeness (QED) is 0.0574. The lowest BCUT2D eigenvalue weighted by molar-refractivity contribution is 0.00435. The first-order valence-electron chi connectivity index (χ1n) is 17.7. The summed E-state index contributed by atoms with van der Waals surface area (Å²) in [6.07, 6.45) is 0. The first-order chi connectivity index (χ1) is 26.7. The smallest absolute Gasteiger partial charge is 0.339 e. The number of hydrogen-bond acceptors (Lipinski definition) is 10. The number of aromatic carboxylic acids is 2. The van der Waals surface area contributed by atoms with Gasteiger partial charge < -0.3 is 48.5 Å². The minimum Gasteiger partial charge on any atom is -0.490 e. The lowest BCUT2D eigenvalue weighted by Crippen LogP contribution is -2.30. The van der Waals surface area contributed by atoms with Gasteiger partial charge >= 0.3 is 11.9 Å². The second kappa shape index (κ2) is 21.0. The molecule has 294 valence electrons. The highest BCUT2D eigenvalue weighted by atomic mass is 79.9. The van der Waals surface area contributed by atoms with E-state index in [9.17, 15) is 19.8 Å². The first kappa shape index (κ1) is 42.4. The molecule has 0 atom stereocenters. The van der Waals surface area contributed by atoms with Crippen LogP contribution in [0.3, 0.4) is 0 Å². The van der Waals surface area contributed by atoms with Gasteiger partial charge in [-0.25, -0.2) is 9.59 Å². The predicted molar refractivity (Wildman–Crippen MR) is 210 cm³/mol. The molecule has 1 aliphatic carbocycles. The van der Waals surface area contributed by atoms with Crippen molar-refractivity contribution >= 4 is 43.8 Å². The molecule has 0 amide bonds. The summed E-state index contributed by atoms with van der Waals surface area (Å²) in [4.78, 5) is 25.7. The minimum atomic E-state index is -1.18. The molecule has 0 fully saturated rings. The molecule has 5 rings (SSSR count). The molecule has 4 aromatic carbocycles. The van der Waals surface area contributed by atoms with E-state index in [0.717, 1.165) is 31.2 Å². The average Bonchev–Trinajstić information content (AvgIpc) is 3.45. The van der Waals surface area contributed by atoms with Gasteiger partial charge in [0.05, 0.1) is 90.3 Å². The molecule has 0 radical (unpaired) electrons. The molecule has 12 nitrogen and oxygen atoms in total. The van der Waals surface area contributed by atoms with E-state index in [0.29, 0.717) is 56.3 Å². The van der Waals surface area contributed by atoms with Crippen molar-refractivity contribution < 1.29 is 58.1 Å². The van der Waals surface area contributed by atoms with Crippen LogP contribution in [0, 0.1) is 0 Å². The van der Waals surface area contributed by atoms with Crippen molar-refractivity contribution in [2.75, 3.05) is 86.4 Å². The number of aliphatic hydroxyl groups is 1. The summed E-state index contributed by atoms with van der Waals surface area (Å²) in [5.41, 5.74) is 4.13. The Morgan fingerprint density at radius 2 is 1.07 bits per heavy atom. The standard InChI is InChI=1S/C41H44Br2O12/c1-49-12-13-51-16-17-53-20-21-55-38-9-4-29(23-35(38)40(47)48)41(36-24-30(42)5-7-32(36)33-8-6-31(43)25-37(33)41)28-3-2-27(34(22-28)39(45)46)26-54-19-18-52-15-14-50-11-10-44/h2-9,22-25,44H,10-21,26H2,1H3,(H,45,46)(H,47,48). The van der Waals surface area contributed by atoms with Crippen LogP contribution in [-0.2, 0) is 40.4 Å². The second-order valence-corrected chi connectivity index (χ2v) is 14.2. The highest BCUT2D eigenvalue weighted by Gasteiger charge is 2.47. The molecule has 0 bridgehead atoms. The van der Waals surface area contributed by atoms with Gasteiger partial charge in [0.2, 0.25) is 0 Å². The van der Waals surface area contributed by atoms with Crippen molar-refractivity contribution in [2.45, 2.75) is 12.0 Å². The number of ether oxygens (including phenoxy) is 7. The lowest BCUT2D eigenvalue weighted by atomic mass is 9.67. The zero-order valence-corrected chi connectivity index (χ0v) is 33.6. The van der Waals surface area contributed by atoms with Crippen LogP contribution in [0.2, 0.25) is 0 Å². The van der Waals surface area contributed by atoms with Gasteiger partial charge in [-0.2, -0.15) is 0 Å². The molecule has 1 aliphatic rings. The summed E-state index contributed by atoms with van der Waals surface area (Å²) in [7, 11) is 1.60. The fourth-order valence-corrected chi connectivity index (χ4v) is 7.33. The van der Waals surface area contributed by atoms with Crippen LogP contribution < -0.4 is 4.74 Å². The van der Waals surface area contributed by atoms with E-state index in [4.69, 9.17) is 38.3 Å². The van der Waals surface area contributed by atoms with E-state index < -0.39 is 17.4 Å². The topological polar surface area (TPSA) is 159 Å². The summed E-state index contributed by atoms with van der Waals surface area (Å²) >= 11 is 7.31. The van der Waals surface area contributed by atoms with E-state index in [1.54, 1.807) is 31.4 Å². The summed E-state index contributed by atoms with van der Waals surface area (Å²) in [6.45, 7) is 3.46. The highest BCUT2D eigenvalue weighted by molar-refractivity contribution is 9.10. The molecular formula is C41H44Br2O12. The van der Waals surface area contributed by atoms with Crippen LogP contribution in [0.25, 0.3) is 11.1 Å². The average molecular weight is 889 g/mol. The number of carboxylic acids is 2. The van der Waals surface area contributed by atoms with E-state index in [-0.39, 0.29) is 63.1 Å². The van der Waals surface area contributed by atoms with Gasteiger partial charge in [-0.15, -0.1) is 0 Å². The van der Waals surface area contributed by atoms with Gasteiger partial charge in [0, 0.05) is 16.1 Å². The summed E-state index contributed by atoms with van der Waals surface area (Å²) in [5, 5.41) is 29.8. The van der Waals surface area contributed by atoms with Gasteiger partial charge in [-0.3, -0.25) is 0 Å². The van der Waals surface area contributed by atoms with E-state index in [1.165, 1.54) is 0 Å². The number of methoxy groups -OCH3 is 1. The lowest BCUT2D eigenvalue weighted by Gasteiger charge is -2.35. The molecule has 0 aromatic heterocycles. The highest BCUT2D eigenvalue weighted by Crippen LogP contribution is 2.57. The number of rotatable bonds is 24. The van der Waals surface area contributed by atoms with Crippen LogP contribution >= 0.6 is 31.9 Å². The number of carbonyl (C=O) groups is 2. The molecule has 0 saturated heterocycles. The molecule has 4 aromatic rings. The van der Waals surface area contributed by atoms with Crippen LogP contribution in [0.5, 0.6) is 5.75 Å². The summed E-state index contributed by atoms with van der Waals surface area (Å²) < 4.78 is 40.0. The Hall–Kier alpha value is -3.70. The Kier molecular flexibility index (Phi) is 16.2. The minimum absolute atomic E-state index is 0.0311. The first-order valence-corrected chi connectivity index (χ1v) is 19.3. The molecule has 0 spiro atoms. The van der Waals surface area contributed by atoms with E-state index in [2.05, 4.69) is 31.9 Å². The number of halogens is 2. The third-order valence-corrected chi connectivity index (χ3v) is 9.99. The molecule has 0 aliphatic heterocycles. The maximum atomic E-state index is 12.9. The molecule has 0 unspecified atom stereocenters. The van der Waals surface area contributed by atoms with E-state index >= 15 is 0 Å². The van der Waals surface area contributed by atoms with Crippen LogP contribution in [0.15, 0.2) is 81.7 Å². The van der Waals surface area contributed by atoms with E-state index in [1.807, 2.05) is 48.5 Å². The van der Waals surface area contributed by atoms with Crippen LogP contribution in [-0.4, -0.2) is 114 Å². The largest absolute Gasteiger partial charge is 0.490 e. The number of fused-ring (bicyclic) bond motifs is 3. The molecular weight excluding hydrogens is 844 g/mol. The van der Waals surface area contributed by atoms with Gasteiger partial charge in [0.1, 0.15) is 17.9 Å². The van der Waals surface area contributed by atoms with Crippen LogP contribution in [0.4, 0.5) is 0 Å². The Morgan fingerprint density at radius 1 is 0.582 bits per heavy atom. The van der Waals surface area contributed by atoms with Crippen molar-refractivity contribution in [1.82, 2.24) is 0 Å². The maximum Gasteiger partial charge on any atom is 0.339 e. The Labute approximate surface area is 336 Å². The molecule has 14 heteroatoms. The Balaban J connectivity index is 1.50. The molecule has 55 heavy (non-hydrogen) atoms. The zero-order valence-electron chi connectivity index (χ0n) is 30.4. The zero-order chi connectivity index (χ0) is 39.2. The Bertz CT molecular complexity index is 1780. The van der Waals surface area contributed by atoms with Crippen molar-refractivity contribution in [3.8, 4) is 16.9 Å². The monoisotopic (exact) mass is 886 g/mol. The van der Waals surface area contributed by atoms with Crippen molar-refractivity contribution in [2.24, 2.45) is 0 Å². The fraction of sp³-hybridized carbons (Fsp3) is 0.366. The number of benzene rings is 4. The van der Waals surface area contributed by atoms with Crippen molar-refractivity contribution in [1.29, 1.82) is 0 Å². The maximum absolute atomic E-state index is 12.9. The second-order valence-electron chi connectivity index (χ2n) is 12.4. The van der Waals surface area contributed by atoms with Crippen LogP contribution in [0.1, 0.15) is 48.5 Å². The van der Waals surface area contributed by atoms with Crippen molar-refractivity contribution in [3.63, 3.8) is 0 Å². The number of hydrogen-bond donors (Lipinski definition) is 3. The third kappa shape index (κ3) is 10.4. The Morgan fingerprint density at radius 3 is 1.62 bits per heavy atom. The molecule has 0 heterocycles. The van der Waals surface area contributed by atoms with Gasteiger partial charge in [0.25, 0.3) is 0 Å². The van der Waals surface area contributed by atoms with Gasteiger partial charge in [-0.1, -0.05) is 62.2 Å². The molecule has 0 saturated carbocycles. The summed E-state index contributed by atoms with van der Waals surface area (Å²) in [6, 6.07) is 22.3. The number of carboxylic acid groups (broad SMARTS) is 2.